The van der Waals surface area contributed by atoms with Gasteiger partial charge in [-0.2, -0.15) is 0 Å². The van der Waals surface area contributed by atoms with Crippen molar-refractivity contribution in [2.24, 2.45) is 5.92 Å². The molecule has 0 spiro atoms. The van der Waals surface area contributed by atoms with Gasteiger partial charge in [0, 0.05) is 24.3 Å². The van der Waals surface area contributed by atoms with Crippen LogP contribution in [0.1, 0.15) is 35.6 Å². The molecule has 6 heteroatoms. The van der Waals surface area contributed by atoms with Crippen molar-refractivity contribution in [3.05, 3.63) is 58.7 Å². The molecule has 158 valence electrons. The van der Waals surface area contributed by atoms with E-state index in [1.54, 1.807) is 4.90 Å². The number of ether oxygens (including phenoxy) is 1. The van der Waals surface area contributed by atoms with Gasteiger partial charge in [-0.25, -0.2) is 0 Å². The molecular weight excluding hydrogens is 380 g/mol. The highest BCUT2D eigenvalue weighted by Crippen LogP contribution is 2.30. The van der Waals surface area contributed by atoms with Gasteiger partial charge in [-0.15, -0.1) is 0 Å². The number of rotatable bonds is 5. The Morgan fingerprint density at radius 2 is 1.83 bits per heavy atom. The van der Waals surface area contributed by atoms with Crippen molar-refractivity contribution in [1.29, 1.82) is 0 Å². The van der Waals surface area contributed by atoms with Crippen molar-refractivity contribution in [3.63, 3.8) is 0 Å². The maximum Gasteiger partial charge on any atom is 0.312 e. The second-order valence-corrected chi connectivity index (χ2v) is 8.01. The lowest BCUT2D eigenvalue weighted by atomic mass is 10.1. The molecule has 1 N–H and O–H groups in total. The number of anilines is 2. The van der Waals surface area contributed by atoms with Crippen LogP contribution in [0.5, 0.6) is 0 Å². The molecule has 6 nitrogen and oxygen atoms in total. The molecule has 0 radical (unpaired) electrons. The van der Waals surface area contributed by atoms with Crippen LogP contribution in [0.3, 0.4) is 0 Å². The van der Waals surface area contributed by atoms with Gasteiger partial charge in [-0.3, -0.25) is 14.4 Å². The fourth-order valence-corrected chi connectivity index (χ4v) is 3.56. The van der Waals surface area contributed by atoms with E-state index >= 15 is 0 Å². The molecule has 2 amide bonds. The van der Waals surface area contributed by atoms with Gasteiger partial charge in [0.25, 0.3) is 5.91 Å². The molecule has 2 atom stereocenters. The van der Waals surface area contributed by atoms with E-state index in [2.05, 4.69) is 5.32 Å². The standard InChI is InChI=1S/C24H28N2O4/c1-14-9-10-16(3)20(11-14)25-23(28)18(5)30-24(29)19-12-22(27)26(13-19)21-8-6-7-15(2)17(21)4/h6-11,18-19H,12-13H2,1-5H3,(H,25,28)/t18-,19-/m1/s1. The summed E-state index contributed by atoms with van der Waals surface area (Å²) in [6.45, 7) is 9.59. The van der Waals surface area contributed by atoms with Crippen LogP contribution in [-0.4, -0.2) is 30.4 Å². The van der Waals surface area contributed by atoms with Crippen molar-refractivity contribution in [2.45, 2.75) is 47.1 Å². The lowest BCUT2D eigenvalue weighted by Gasteiger charge is -2.20. The topological polar surface area (TPSA) is 75.7 Å². The average molecular weight is 408 g/mol. The number of nitrogens with zero attached hydrogens (tertiary/aromatic N) is 1. The minimum absolute atomic E-state index is 0.0809. The first-order valence-electron chi connectivity index (χ1n) is 10.1. The fourth-order valence-electron chi connectivity index (χ4n) is 3.56. The van der Waals surface area contributed by atoms with Crippen LogP contribution >= 0.6 is 0 Å². The summed E-state index contributed by atoms with van der Waals surface area (Å²) >= 11 is 0. The Kier molecular flexibility index (Phi) is 6.25. The van der Waals surface area contributed by atoms with Crippen LogP contribution in [0, 0.1) is 33.6 Å². The fraction of sp³-hybridized carbons (Fsp3) is 0.375. The molecule has 1 saturated heterocycles. The summed E-state index contributed by atoms with van der Waals surface area (Å²) in [5, 5.41) is 2.81. The third-order valence-corrected chi connectivity index (χ3v) is 5.64. The summed E-state index contributed by atoms with van der Waals surface area (Å²) in [7, 11) is 0. The van der Waals surface area contributed by atoms with E-state index in [0.29, 0.717) is 5.69 Å². The second-order valence-electron chi connectivity index (χ2n) is 8.01. The largest absolute Gasteiger partial charge is 0.452 e. The molecule has 30 heavy (non-hydrogen) atoms. The third-order valence-electron chi connectivity index (χ3n) is 5.64. The normalized spacial score (nSPS) is 17.0. The quantitative estimate of drug-likeness (QED) is 0.763. The van der Waals surface area contributed by atoms with Gasteiger partial charge < -0.3 is 15.0 Å². The maximum atomic E-state index is 12.6. The monoisotopic (exact) mass is 408 g/mol. The van der Waals surface area contributed by atoms with E-state index in [9.17, 15) is 14.4 Å². The van der Waals surface area contributed by atoms with Crippen LogP contribution in [0.2, 0.25) is 0 Å². The van der Waals surface area contributed by atoms with Gasteiger partial charge in [-0.05, 0) is 69.0 Å². The van der Waals surface area contributed by atoms with Gasteiger partial charge >= 0.3 is 5.97 Å². The SMILES string of the molecule is Cc1ccc(C)c(NC(=O)[C@@H](C)OC(=O)[C@@H]2CC(=O)N(c3cccc(C)c3C)C2)c1. The van der Waals surface area contributed by atoms with Crippen molar-refractivity contribution >= 4 is 29.2 Å². The molecule has 1 heterocycles. The molecule has 1 fully saturated rings. The van der Waals surface area contributed by atoms with Gasteiger partial charge in [0.2, 0.25) is 5.91 Å². The first kappa shape index (κ1) is 21.6. The van der Waals surface area contributed by atoms with Crippen LogP contribution in [0.15, 0.2) is 36.4 Å². The predicted octanol–water partition coefficient (Wildman–Crippen LogP) is 3.84. The number of aryl methyl sites for hydroxylation is 3. The van der Waals surface area contributed by atoms with Crippen molar-refractivity contribution in [3.8, 4) is 0 Å². The molecule has 0 unspecified atom stereocenters. The number of benzene rings is 2. The van der Waals surface area contributed by atoms with Crippen LogP contribution in [-0.2, 0) is 19.1 Å². The average Bonchev–Trinajstić information content (AvgIpc) is 3.08. The zero-order valence-electron chi connectivity index (χ0n) is 18.1. The molecule has 0 saturated carbocycles. The van der Waals surface area contributed by atoms with E-state index in [-0.39, 0.29) is 18.9 Å². The van der Waals surface area contributed by atoms with E-state index in [1.807, 2.05) is 64.1 Å². The first-order chi connectivity index (χ1) is 14.2. The maximum absolute atomic E-state index is 12.6. The van der Waals surface area contributed by atoms with Crippen LogP contribution in [0.4, 0.5) is 11.4 Å². The molecule has 0 aromatic heterocycles. The van der Waals surface area contributed by atoms with Crippen LogP contribution < -0.4 is 10.2 Å². The van der Waals surface area contributed by atoms with E-state index in [1.165, 1.54) is 6.92 Å². The van der Waals surface area contributed by atoms with E-state index in [4.69, 9.17) is 4.74 Å². The predicted molar refractivity (Wildman–Crippen MR) is 116 cm³/mol. The zero-order chi connectivity index (χ0) is 22.0. The summed E-state index contributed by atoms with van der Waals surface area (Å²) in [6, 6.07) is 11.5. The molecule has 1 aliphatic heterocycles. The van der Waals surface area contributed by atoms with Gasteiger partial charge in [0.1, 0.15) is 0 Å². The molecule has 0 bridgehead atoms. The Hall–Kier alpha value is -3.15. The molecule has 2 aromatic rings. The smallest absolute Gasteiger partial charge is 0.312 e. The summed E-state index contributed by atoms with van der Waals surface area (Å²) in [4.78, 5) is 39.3. The van der Waals surface area contributed by atoms with Crippen molar-refractivity contribution in [1.82, 2.24) is 0 Å². The van der Waals surface area contributed by atoms with E-state index in [0.717, 1.165) is 27.9 Å². The highest BCUT2D eigenvalue weighted by Gasteiger charge is 2.37. The van der Waals surface area contributed by atoms with Crippen LogP contribution in [0.25, 0.3) is 0 Å². The summed E-state index contributed by atoms with van der Waals surface area (Å²) < 4.78 is 5.40. The first-order valence-corrected chi connectivity index (χ1v) is 10.1. The van der Waals surface area contributed by atoms with Crippen molar-refractivity contribution < 1.29 is 19.1 Å². The Bertz CT molecular complexity index is 999. The Morgan fingerprint density at radius 1 is 1.10 bits per heavy atom. The number of hydrogen-bond acceptors (Lipinski definition) is 4. The minimum atomic E-state index is -0.956. The number of hydrogen-bond donors (Lipinski definition) is 1. The molecule has 1 aliphatic rings. The number of esters is 1. The lowest BCUT2D eigenvalue weighted by molar-refractivity contribution is -0.157. The number of amides is 2. The zero-order valence-corrected chi connectivity index (χ0v) is 18.1. The minimum Gasteiger partial charge on any atom is -0.452 e. The number of nitrogens with one attached hydrogen (secondary N) is 1. The highest BCUT2D eigenvalue weighted by atomic mass is 16.5. The Balaban J connectivity index is 1.63. The third kappa shape index (κ3) is 4.53. The molecule has 3 rings (SSSR count). The second kappa shape index (κ2) is 8.69. The van der Waals surface area contributed by atoms with Gasteiger partial charge in [0.05, 0.1) is 5.92 Å². The summed E-state index contributed by atoms with van der Waals surface area (Å²) in [5.41, 5.74) is 5.56. The molecule has 0 aliphatic carbocycles. The Morgan fingerprint density at radius 3 is 2.57 bits per heavy atom. The highest BCUT2D eigenvalue weighted by molar-refractivity contribution is 6.01. The Labute approximate surface area is 177 Å². The van der Waals surface area contributed by atoms with E-state index < -0.39 is 23.9 Å². The number of carbonyl (C=O) groups is 3. The van der Waals surface area contributed by atoms with Crippen molar-refractivity contribution in [2.75, 3.05) is 16.8 Å². The summed E-state index contributed by atoms with van der Waals surface area (Å²) in [5.74, 6) is -1.63. The van der Waals surface area contributed by atoms with Gasteiger partial charge in [0.15, 0.2) is 6.10 Å². The van der Waals surface area contributed by atoms with Gasteiger partial charge in [-0.1, -0.05) is 24.3 Å². The number of carbonyl (C=O) groups excluding carboxylic acids is 3. The lowest BCUT2D eigenvalue weighted by Crippen LogP contribution is -2.33. The molecular formula is C24H28N2O4. The molecule has 2 aromatic carbocycles. The summed E-state index contributed by atoms with van der Waals surface area (Å²) in [6.07, 6.45) is -0.875.